The fourth-order valence-electron chi connectivity index (χ4n) is 3.43. The summed E-state index contributed by atoms with van der Waals surface area (Å²) in [5, 5.41) is 2.85. The Morgan fingerprint density at radius 3 is 2.18 bits per heavy atom. The molecular weight excluding hydrogens is 348 g/mol. The SMILES string of the molecule is Cc1cc(C)c(CNC(=O)c2ccc(C(C)(C)c3ccccc3)cc2)c(=O)[nH]1. The summed E-state index contributed by atoms with van der Waals surface area (Å²) in [5.74, 6) is -0.191. The first-order valence-electron chi connectivity index (χ1n) is 9.42. The molecule has 1 heterocycles. The quantitative estimate of drug-likeness (QED) is 0.701. The molecule has 144 valence electrons. The van der Waals surface area contributed by atoms with Crippen LogP contribution in [-0.4, -0.2) is 10.9 Å². The van der Waals surface area contributed by atoms with Crippen LogP contribution in [0.2, 0.25) is 0 Å². The maximum Gasteiger partial charge on any atom is 0.253 e. The number of hydrogen-bond donors (Lipinski definition) is 2. The molecule has 0 aliphatic carbocycles. The highest BCUT2D eigenvalue weighted by Gasteiger charge is 2.23. The van der Waals surface area contributed by atoms with Crippen LogP contribution in [-0.2, 0) is 12.0 Å². The van der Waals surface area contributed by atoms with Gasteiger partial charge in [-0.2, -0.15) is 0 Å². The lowest BCUT2D eigenvalue weighted by atomic mass is 9.78. The van der Waals surface area contributed by atoms with Crippen molar-refractivity contribution >= 4 is 5.91 Å². The summed E-state index contributed by atoms with van der Waals surface area (Å²) < 4.78 is 0. The number of aromatic nitrogens is 1. The van der Waals surface area contributed by atoms with E-state index in [1.807, 2.05) is 62.4 Å². The molecule has 4 heteroatoms. The Hall–Kier alpha value is -3.14. The molecule has 0 bridgehead atoms. The number of aryl methyl sites for hydroxylation is 2. The fourth-order valence-corrected chi connectivity index (χ4v) is 3.43. The van der Waals surface area contributed by atoms with E-state index in [9.17, 15) is 9.59 Å². The highest BCUT2D eigenvalue weighted by atomic mass is 16.1. The lowest BCUT2D eigenvalue weighted by molar-refractivity contribution is 0.0950. The standard InChI is InChI=1S/C24H26N2O2/c1-16-14-17(2)26-23(28)21(16)15-25-22(27)18-10-12-20(13-11-18)24(3,4)19-8-6-5-7-9-19/h5-14H,15H2,1-4H3,(H,25,27)(H,26,28). The molecule has 1 amide bonds. The number of pyridine rings is 1. The Labute approximate surface area is 165 Å². The van der Waals surface area contributed by atoms with Gasteiger partial charge in [-0.05, 0) is 48.7 Å². The summed E-state index contributed by atoms with van der Waals surface area (Å²) in [7, 11) is 0. The number of aromatic amines is 1. The van der Waals surface area contributed by atoms with Gasteiger partial charge in [-0.15, -0.1) is 0 Å². The van der Waals surface area contributed by atoms with Gasteiger partial charge in [0.1, 0.15) is 0 Å². The van der Waals surface area contributed by atoms with Crippen molar-refractivity contribution in [2.24, 2.45) is 0 Å². The van der Waals surface area contributed by atoms with Gasteiger partial charge in [-0.1, -0.05) is 56.3 Å². The molecule has 0 aliphatic rings. The van der Waals surface area contributed by atoms with Crippen molar-refractivity contribution in [3.63, 3.8) is 0 Å². The molecule has 0 aliphatic heterocycles. The van der Waals surface area contributed by atoms with E-state index in [0.29, 0.717) is 11.1 Å². The molecule has 0 radical (unpaired) electrons. The molecule has 2 aromatic carbocycles. The first-order valence-corrected chi connectivity index (χ1v) is 9.42. The number of H-pyrrole nitrogens is 1. The normalized spacial score (nSPS) is 11.3. The monoisotopic (exact) mass is 374 g/mol. The zero-order valence-electron chi connectivity index (χ0n) is 16.8. The molecule has 4 nitrogen and oxygen atoms in total. The van der Waals surface area contributed by atoms with E-state index < -0.39 is 0 Å². The lowest BCUT2D eigenvalue weighted by Gasteiger charge is -2.26. The Kier molecular flexibility index (Phi) is 5.50. The molecule has 28 heavy (non-hydrogen) atoms. The maximum absolute atomic E-state index is 12.5. The fraction of sp³-hybridized carbons (Fsp3) is 0.250. The van der Waals surface area contributed by atoms with E-state index in [-0.39, 0.29) is 23.4 Å². The minimum absolute atomic E-state index is 0.150. The van der Waals surface area contributed by atoms with Crippen molar-refractivity contribution in [3.05, 3.63) is 105 Å². The molecule has 0 atom stereocenters. The molecule has 0 saturated carbocycles. The zero-order chi connectivity index (χ0) is 20.3. The van der Waals surface area contributed by atoms with E-state index in [4.69, 9.17) is 0 Å². The van der Waals surface area contributed by atoms with Crippen molar-refractivity contribution in [1.82, 2.24) is 10.3 Å². The van der Waals surface area contributed by atoms with Gasteiger partial charge < -0.3 is 10.3 Å². The summed E-state index contributed by atoms with van der Waals surface area (Å²) in [4.78, 5) is 27.4. The van der Waals surface area contributed by atoms with E-state index in [1.54, 1.807) is 0 Å². The predicted octanol–water partition coefficient (Wildman–Crippen LogP) is 4.25. The highest BCUT2D eigenvalue weighted by Crippen LogP contribution is 2.31. The van der Waals surface area contributed by atoms with E-state index >= 15 is 0 Å². The number of carbonyl (C=O) groups is 1. The van der Waals surface area contributed by atoms with E-state index in [1.165, 1.54) is 5.56 Å². The Balaban J connectivity index is 1.73. The number of carbonyl (C=O) groups excluding carboxylic acids is 1. The van der Waals surface area contributed by atoms with Gasteiger partial charge in [0, 0.05) is 28.8 Å². The summed E-state index contributed by atoms with van der Waals surface area (Å²) in [6, 6.07) is 19.9. The van der Waals surface area contributed by atoms with Crippen LogP contribution in [0.4, 0.5) is 0 Å². The summed E-state index contributed by atoms with van der Waals surface area (Å²) >= 11 is 0. The second-order valence-electron chi connectivity index (χ2n) is 7.69. The lowest BCUT2D eigenvalue weighted by Crippen LogP contribution is -2.28. The topological polar surface area (TPSA) is 62.0 Å². The largest absolute Gasteiger partial charge is 0.348 e. The average Bonchev–Trinajstić information content (AvgIpc) is 2.67. The first kappa shape index (κ1) is 19.6. The molecule has 1 aromatic heterocycles. The Morgan fingerprint density at radius 2 is 1.57 bits per heavy atom. The summed E-state index contributed by atoms with van der Waals surface area (Å²) in [6.45, 7) is 8.27. The van der Waals surface area contributed by atoms with Gasteiger partial charge in [0.25, 0.3) is 11.5 Å². The van der Waals surface area contributed by atoms with E-state index in [2.05, 4.69) is 36.3 Å². The van der Waals surface area contributed by atoms with Crippen molar-refractivity contribution in [3.8, 4) is 0 Å². The van der Waals surface area contributed by atoms with Gasteiger partial charge in [0.05, 0.1) is 0 Å². The van der Waals surface area contributed by atoms with Crippen LogP contribution >= 0.6 is 0 Å². The molecule has 3 rings (SSSR count). The van der Waals surface area contributed by atoms with Crippen molar-refractivity contribution in [1.29, 1.82) is 0 Å². The van der Waals surface area contributed by atoms with Crippen LogP contribution in [0, 0.1) is 13.8 Å². The van der Waals surface area contributed by atoms with Crippen molar-refractivity contribution in [2.75, 3.05) is 0 Å². The van der Waals surface area contributed by atoms with Crippen LogP contribution in [0.25, 0.3) is 0 Å². The molecule has 0 unspecified atom stereocenters. The Morgan fingerprint density at radius 1 is 0.964 bits per heavy atom. The van der Waals surface area contributed by atoms with Gasteiger partial charge in [0.2, 0.25) is 0 Å². The molecular formula is C24H26N2O2. The van der Waals surface area contributed by atoms with Gasteiger partial charge in [-0.3, -0.25) is 9.59 Å². The number of nitrogens with one attached hydrogen (secondary N) is 2. The average molecular weight is 374 g/mol. The Bertz CT molecular complexity index is 1030. The van der Waals surface area contributed by atoms with E-state index in [0.717, 1.165) is 16.8 Å². The van der Waals surface area contributed by atoms with Gasteiger partial charge in [-0.25, -0.2) is 0 Å². The third kappa shape index (κ3) is 4.06. The van der Waals surface area contributed by atoms with Gasteiger partial charge in [0.15, 0.2) is 0 Å². The smallest absolute Gasteiger partial charge is 0.253 e. The molecule has 0 saturated heterocycles. The number of hydrogen-bond acceptors (Lipinski definition) is 2. The molecule has 2 N–H and O–H groups in total. The minimum atomic E-state index is -0.191. The number of benzene rings is 2. The first-order chi connectivity index (χ1) is 13.3. The second kappa shape index (κ2) is 7.85. The third-order valence-corrected chi connectivity index (χ3v) is 5.28. The van der Waals surface area contributed by atoms with Crippen LogP contribution in [0.1, 0.15) is 52.2 Å². The minimum Gasteiger partial charge on any atom is -0.348 e. The maximum atomic E-state index is 12.5. The summed E-state index contributed by atoms with van der Waals surface area (Å²) in [5.41, 5.74) is 4.91. The van der Waals surface area contributed by atoms with Crippen LogP contribution in [0.15, 0.2) is 65.5 Å². The third-order valence-electron chi connectivity index (χ3n) is 5.28. The van der Waals surface area contributed by atoms with Crippen LogP contribution < -0.4 is 10.9 Å². The molecule has 3 aromatic rings. The highest BCUT2D eigenvalue weighted by molar-refractivity contribution is 5.94. The number of rotatable bonds is 5. The second-order valence-corrected chi connectivity index (χ2v) is 7.69. The van der Waals surface area contributed by atoms with Crippen molar-refractivity contribution < 1.29 is 4.79 Å². The van der Waals surface area contributed by atoms with Crippen LogP contribution in [0.3, 0.4) is 0 Å². The van der Waals surface area contributed by atoms with Crippen molar-refractivity contribution in [2.45, 2.75) is 39.7 Å². The van der Waals surface area contributed by atoms with Gasteiger partial charge >= 0.3 is 0 Å². The molecule has 0 fully saturated rings. The van der Waals surface area contributed by atoms with Crippen LogP contribution in [0.5, 0.6) is 0 Å². The number of amides is 1. The predicted molar refractivity (Wildman–Crippen MR) is 113 cm³/mol. The zero-order valence-corrected chi connectivity index (χ0v) is 16.8. The molecule has 0 spiro atoms. The summed E-state index contributed by atoms with van der Waals surface area (Å²) in [6.07, 6.45) is 0.